The SMILES string of the molecule is CCNC(=O)C1(Cc2cccc(-c3cccc(C)c3)c2)CCCN(C(=O)c2ocnc2C)C1. The molecule has 1 aliphatic rings. The van der Waals surface area contributed by atoms with Gasteiger partial charge in [0.05, 0.1) is 11.1 Å². The molecule has 1 N–H and O–H groups in total. The zero-order valence-corrected chi connectivity index (χ0v) is 19.6. The van der Waals surface area contributed by atoms with Crippen LogP contribution in [0.5, 0.6) is 0 Å². The number of oxazole rings is 1. The largest absolute Gasteiger partial charge is 0.438 e. The number of aromatic nitrogens is 1. The third kappa shape index (κ3) is 4.85. The first kappa shape index (κ1) is 22.8. The predicted octanol–water partition coefficient (Wildman–Crippen LogP) is 4.56. The molecule has 2 heterocycles. The van der Waals surface area contributed by atoms with Crippen LogP contribution in [-0.4, -0.2) is 41.3 Å². The predicted molar refractivity (Wildman–Crippen MR) is 128 cm³/mol. The average molecular weight is 446 g/mol. The fourth-order valence-corrected chi connectivity index (χ4v) is 4.79. The number of rotatable bonds is 6. The van der Waals surface area contributed by atoms with E-state index in [2.05, 4.69) is 59.7 Å². The molecule has 6 nitrogen and oxygen atoms in total. The first-order chi connectivity index (χ1) is 15.9. The minimum Gasteiger partial charge on any atom is -0.438 e. The van der Waals surface area contributed by atoms with Crippen molar-refractivity contribution in [2.24, 2.45) is 5.41 Å². The molecule has 1 atom stereocenters. The third-order valence-electron chi connectivity index (χ3n) is 6.44. The number of aryl methyl sites for hydroxylation is 2. The Balaban J connectivity index is 1.64. The van der Waals surface area contributed by atoms with E-state index in [-0.39, 0.29) is 17.6 Å². The van der Waals surface area contributed by atoms with E-state index >= 15 is 0 Å². The van der Waals surface area contributed by atoms with Crippen LogP contribution >= 0.6 is 0 Å². The Bertz CT molecular complexity index is 1150. The van der Waals surface area contributed by atoms with Gasteiger partial charge in [-0.05, 0) is 56.7 Å². The molecular weight excluding hydrogens is 414 g/mol. The highest BCUT2D eigenvalue weighted by molar-refractivity contribution is 5.93. The summed E-state index contributed by atoms with van der Waals surface area (Å²) >= 11 is 0. The zero-order valence-electron chi connectivity index (χ0n) is 19.6. The fraction of sp³-hybridized carbons (Fsp3) is 0.370. The van der Waals surface area contributed by atoms with E-state index in [1.54, 1.807) is 11.8 Å². The van der Waals surface area contributed by atoms with Crippen molar-refractivity contribution >= 4 is 11.8 Å². The monoisotopic (exact) mass is 445 g/mol. The number of benzene rings is 2. The molecule has 1 aliphatic heterocycles. The minimum absolute atomic E-state index is 0.00208. The molecule has 172 valence electrons. The van der Waals surface area contributed by atoms with Crippen LogP contribution in [0.25, 0.3) is 11.1 Å². The van der Waals surface area contributed by atoms with Crippen molar-refractivity contribution in [2.75, 3.05) is 19.6 Å². The van der Waals surface area contributed by atoms with Crippen molar-refractivity contribution in [1.82, 2.24) is 15.2 Å². The van der Waals surface area contributed by atoms with Gasteiger partial charge >= 0.3 is 0 Å². The average Bonchev–Trinajstić information content (AvgIpc) is 3.25. The second-order valence-electron chi connectivity index (χ2n) is 8.98. The maximum absolute atomic E-state index is 13.4. The first-order valence-corrected chi connectivity index (χ1v) is 11.6. The van der Waals surface area contributed by atoms with E-state index < -0.39 is 5.41 Å². The van der Waals surface area contributed by atoms with E-state index in [1.807, 2.05) is 13.0 Å². The summed E-state index contributed by atoms with van der Waals surface area (Å²) in [6.07, 6.45) is 3.35. The van der Waals surface area contributed by atoms with Crippen LogP contribution in [0.4, 0.5) is 0 Å². The topological polar surface area (TPSA) is 75.4 Å². The Hall–Kier alpha value is -3.41. The Morgan fingerprint density at radius 2 is 1.88 bits per heavy atom. The second kappa shape index (κ2) is 9.61. The molecule has 3 aromatic rings. The number of hydrogen-bond acceptors (Lipinski definition) is 4. The lowest BCUT2D eigenvalue weighted by molar-refractivity contribution is -0.133. The standard InChI is InChI=1S/C27H31N3O3/c1-4-28-26(32)27(12-7-13-30(17-27)25(31)24-20(3)29-18-33-24)16-21-9-6-11-23(15-21)22-10-5-8-19(2)14-22/h5-6,8-11,14-15,18H,4,7,12-13,16-17H2,1-3H3,(H,28,32). The van der Waals surface area contributed by atoms with Gasteiger partial charge in [-0.15, -0.1) is 0 Å². The summed E-state index contributed by atoms with van der Waals surface area (Å²) in [5, 5.41) is 3.02. The lowest BCUT2D eigenvalue weighted by Crippen LogP contribution is -2.54. The Morgan fingerprint density at radius 3 is 2.58 bits per heavy atom. The third-order valence-corrected chi connectivity index (χ3v) is 6.44. The summed E-state index contributed by atoms with van der Waals surface area (Å²) < 4.78 is 5.35. The summed E-state index contributed by atoms with van der Waals surface area (Å²) in [6.45, 7) is 7.28. The van der Waals surface area contributed by atoms with Crippen LogP contribution < -0.4 is 5.32 Å². The highest BCUT2D eigenvalue weighted by Gasteiger charge is 2.44. The highest BCUT2D eigenvalue weighted by atomic mass is 16.3. The molecule has 0 bridgehead atoms. The van der Waals surface area contributed by atoms with E-state index in [4.69, 9.17) is 4.42 Å². The molecule has 6 heteroatoms. The summed E-state index contributed by atoms with van der Waals surface area (Å²) in [5.41, 5.74) is 4.46. The molecule has 1 saturated heterocycles. The highest BCUT2D eigenvalue weighted by Crippen LogP contribution is 2.36. The molecule has 33 heavy (non-hydrogen) atoms. The van der Waals surface area contributed by atoms with Crippen molar-refractivity contribution in [3.8, 4) is 11.1 Å². The van der Waals surface area contributed by atoms with Gasteiger partial charge < -0.3 is 14.6 Å². The van der Waals surface area contributed by atoms with Crippen LogP contribution in [0.3, 0.4) is 0 Å². The quantitative estimate of drug-likeness (QED) is 0.604. The van der Waals surface area contributed by atoms with Crippen LogP contribution in [-0.2, 0) is 11.2 Å². The van der Waals surface area contributed by atoms with Gasteiger partial charge in [0.15, 0.2) is 6.39 Å². The molecule has 1 aromatic heterocycles. The molecule has 1 unspecified atom stereocenters. The van der Waals surface area contributed by atoms with Gasteiger partial charge in [-0.25, -0.2) is 4.98 Å². The summed E-state index contributed by atoms with van der Waals surface area (Å²) in [7, 11) is 0. The van der Waals surface area contributed by atoms with Gasteiger partial charge in [0, 0.05) is 19.6 Å². The van der Waals surface area contributed by atoms with Gasteiger partial charge in [0.25, 0.3) is 5.91 Å². The maximum Gasteiger partial charge on any atom is 0.291 e. The number of likely N-dealkylation sites (tertiary alicyclic amines) is 1. The smallest absolute Gasteiger partial charge is 0.291 e. The normalized spacial score (nSPS) is 18.2. The summed E-state index contributed by atoms with van der Waals surface area (Å²) in [6, 6.07) is 16.8. The molecule has 1 fully saturated rings. The van der Waals surface area contributed by atoms with Gasteiger partial charge in [0.1, 0.15) is 0 Å². The number of nitrogens with zero attached hydrogens (tertiary/aromatic N) is 2. The molecular formula is C27H31N3O3. The van der Waals surface area contributed by atoms with E-state index in [9.17, 15) is 9.59 Å². The number of carbonyl (C=O) groups is 2. The molecule has 0 spiro atoms. The lowest BCUT2D eigenvalue weighted by Gasteiger charge is -2.41. The van der Waals surface area contributed by atoms with Crippen LogP contribution in [0.2, 0.25) is 0 Å². The summed E-state index contributed by atoms with van der Waals surface area (Å²) in [5.74, 6) is 0.0489. The van der Waals surface area contributed by atoms with Crippen molar-refractivity contribution in [2.45, 2.75) is 40.0 Å². The molecule has 0 saturated carbocycles. The number of nitrogens with one attached hydrogen (secondary N) is 1. The van der Waals surface area contributed by atoms with Crippen LogP contribution in [0, 0.1) is 19.3 Å². The van der Waals surface area contributed by atoms with Gasteiger partial charge in [-0.1, -0.05) is 54.1 Å². The van der Waals surface area contributed by atoms with E-state index in [1.165, 1.54) is 12.0 Å². The fourth-order valence-electron chi connectivity index (χ4n) is 4.79. The maximum atomic E-state index is 13.4. The van der Waals surface area contributed by atoms with Crippen molar-refractivity contribution < 1.29 is 14.0 Å². The number of hydrogen-bond donors (Lipinski definition) is 1. The van der Waals surface area contributed by atoms with Gasteiger partial charge in [-0.2, -0.15) is 0 Å². The molecule has 0 aliphatic carbocycles. The zero-order chi connectivity index (χ0) is 23.4. The number of piperidine rings is 1. The molecule has 2 amide bonds. The second-order valence-corrected chi connectivity index (χ2v) is 8.98. The van der Waals surface area contributed by atoms with Crippen molar-refractivity contribution in [1.29, 1.82) is 0 Å². The van der Waals surface area contributed by atoms with Gasteiger partial charge in [0.2, 0.25) is 11.7 Å². The molecule has 4 rings (SSSR count). The molecule has 0 radical (unpaired) electrons. The lowest BCUT2D eigenvalue weighted by atomic mass is 9.74. The Kier molecular flexibility index (Phi) is 6.63. The summed E-state index contributed by atoms with van der Waals surface area (Å²) in [4.78, 5) is 32.3. The van der Waals surface area contributed by atoms with Crippen molar-refractivity contribution in [3.05, 3.63) is 77.5 Å². The minimum atomic E-state index is -0.691. The Labute approximate surface area is 195 Å². The Morgan fingerprint density at radius 1 is 1.12 bits per heavy atom. The van der Waals surface area contributed by atoms with E-state index in [0.717, 1.165) is 29.5 Å². The van der Waals surface area contributed by atoms with Crippen LogP contribution in [0.15, 0.2) is 59.3 Å². The number of amides is 2. The van der Waals surface area contributed by atoms with E-state index in [0.29, 0.717) is 31.7 Å². The van der Waals surface area contributed by atoms with Crippen LogP contribution in [0.1, 0.15) is 47.1 Å². The first-order valence-electron chi connectivity index (χ1n) is 11.6. The molecule has 2 aromatic carbocycles. The number of carbonyl (C=O) groups excluding carboxylic acids is 2. The van der Waals surface area contributed by atoms with Crippen molar-refractivity contribution in [3.63, 3.8) is 0 Å². The van der Waals surface area contributed by atoms with Gasteiger partial charge in [-0.3, -0.25) is 9.59 Å².